The first-order chi connectivity index (χ1) is 8.54. The molecule has 7 heteroatoms. The van der Waals surface area contributed by atoms with Crippen LogP contribution in [0.15, 0.2) is 16.7 Å². The van der Waals surface area contributed by atoms with Gasteiger partial charge in [0.1, 0.15) is 0 Å². The minimum absolute atomic E-state index is 0.185. The second-order valence-corrected chi connectivity index (χ2v) is 5.02. The van der Waals surface area contributed by atoms with E-state index in [-0.39, 0.29) is 5.91 Å². The summed E-state index contributed by atoms with van der Waals surface area (Å²) in [6, 6.07) is 1.68. The molecule has 0 aliphatic carbocycles. The molecule has 0 aliphatic rings. The Labute approximate surface area is 115 Å². The van der Waals surface area contributed by atoms with Gasteiger partial charge in [-0.25, -0.2) is 10.8 Å². The molecular weight excluding hydrogens is 298 g/mol. The minimum Gasteiger partial charge on any atom is -0.352 e. The van der Waals surface area contributed by atoms with Gasteiger partial charge in [-0.05, 0) is 49.1 Å². The molecule has 100 valence electrons. The number of hydrogen-bond acceptors (Lipinski definition) is 5. The number of amides is 1. The van der Waals surface area contributed by atoms with Gasteiger partial charge in [-0.15, -0.1) is 0 Å². The van der Waals surface area contributed by atoms with E-state index < -0.39 is 0 Å². The smallest absolute Gasteiger partial charge is 0.255 e. The number of rotatable bonds is 6. The van der Waals surface area contributed by atoms with Crippen molar-refractivity contribution in [2.45, 2.75) is 6.42 Å². The second-order valence-electron chi connectivity index (χ2n) is 4.11. The molecule has 0 bridgehead atoms. The van der Waals surface area contributed by atoms with Crippen LogP contribution in [0.5, 0.6) is 0 Å². The Morgan fingerprint density at radius 1 is 1.56 bits per heavy atom. The van der Waals surface area contributed by atoms with Crippen LogP contribution in [0.25, 0.3) is 0 Å². The summed E-state index contributed by atoms with van der Waals surface area (Å²) in [4.78, 5) is 18.0. The number of halogens is 1. The normalized spacial score (nSPS) is 10.5. The van der Waals surface area contributed by atoms with Gasteiger partial charge in [-0.2, -0.15) is 0 Å². The molecule has 4 N–H and O–H groups in total. The van der Waals surface area contributed by atoms with Crippen LogP contribution in [0, 0.1) is 0 Å². The third kappa shape index (κ3) is 4.59. The Morgan fingerprint density at radius 2 is 2.28 bits per heavy atom. The van der Waals surface area contributed by atoms with E-state index >= 15 is 0 Å². The molecule has 1 amide bonds. The van der Waals surface area contributed by atoms with Gasteiger partial charge in [0.25, 0.3) is 5.91 Å². The van der Waals surface area contributed by atoms with Crippen LogP contribution in [0.2, 0.25) is 0 Å². The van der Waals surface area contributed by atoms with E-state index in [1.165, 1.54) is 0 Å². The third-order valence-electron chi connectivity index (χ3n) is 2.30. The number of nitrogens with zero attached hydrogens (tertiary/aromatic N) is 2. The number of nitrogen functional groups attached to an aromatic ring is 1. The van der Waals surface area contributed by atoms with Crippen molar-refractivity contribution in [2.24, 2.45) is 5.84 Å². The van der Waals surface area contributed by atoms with Gasteiger partial charge in [0.05, 0.1) is 5.56 Å². The van der Waals surface area contributed by atoms with E-state index in [4.69, 9.17) is 5.84 Å². The van der Waals surface area contributed by atoms with Crippen molar-refractivity contribution in [1.29, 1.82) is 0 Å². The summed E-state index contributed by atoms with van der Waals surface area (Å²) < 4.78 is 0.736. The molecule has 18 heavy (non-hydrogen) atoms. The number of aromatic nitrogens is 1. The van der Waals surface area contributed by atoms with Crippen LogP contribution in [0.3, 0.4) is 0 Å². The highest BCUT2D eigenvalue weighted by molar-refractivity contribution is 9.10. The second kappa shape index (κ2) is 7.30. The van der Waals surface area contributed by atoms with Crippen molar-refractivity contribution < 1.29 is 4.79 Å². The molecular formula is C11H18BrN5O. The zero-order valence-corrected chi connectivity index (χ0v) is 12.1. The first-order valence-electron chi connectivity index (χ1n) is 5.59. The fourth-order valence-corrected chi connectivity index (χ4v) is 1.75. The maximum atomic E-state index is 11.9. The Kier molecular flexibility index (Phi) is 6.03. The summed E-state index contributed by atoms with van der Waals surface area (Å²) in [6.07, 6.45) is 2.48. The van der Waals surface area contributed by atoms with Gasteiger partial charge < -0.3 is 15.6 Å². The SMILES string of the molecule is CN(C)CCCNC(=O)c1cc(Br)cnc1NN. The lowest BCUT2D eigenvalue weighted by atomic mass is 10.2. The van der Waals surface area contributed by atoms with E-state index in [1.807, 2.05) is 14.1 Å². The number of carbonyl (C=O) groups is 1. The quantitative estimate of drug-likeness (QED) is 0.411. The molecule has 0 spiro atoms. The molecule has 0 saturated carbocycles. The van der Waals surface area contributed by atoms with E-state index in [0.717, 1.165) is 17.4 Å². The van der Waals surface area contributed by atoms with Crippen molar-refractivity contribution in [3.05, 3.63) is 22.3 Å². The summed E-state index contributed by atoms with van der Waals surface area (Å²) in [5, 5.41) is 2.83. The van der Waals surface area contributed by atoms with Crippen molar-refractivity contribution in [1.82, 2.24) is 15.2 Å². The van der Waals surface area contributed by atoms with Crippen LogP contribution < -0.4 is 16.6 Å². The van der Waals surface area contributed by atoms with Gasteiger partial charge in [-0.1, -0.05) is 0 Å². The molecule has 0 radical (unpaired) electrons. The van der Waals surface area contributed by atoms with Crippen LogP contribution in [0.4, 0.5) is 5.82 Å². The van der Waals surface area contributed by atoms with E-state index in [2.05, 4.69) is 36.6 Å². The Balaban J connectivity index is 2.58. The zero-order valence-electron chi connectivity index (χ0n) is 10.5. The monoisotopic (exact) mass is 315 g/mol. The lowest BCUT2D eigenvalue weighted by molar-refractivity contribution is 0.0952. The van der Waals surface area contributed by atoms with E-state index in [9.17, 15) is 4.79 Å². The summed E-state index contributed by atoms with van der Waals surface area (Å²) in [5.74, 6) is 5.50. The molecule has 1 rings (SSSR count). The fraction of sp³-hybridized carbons (Fsp3) is 0.455. The molecule has 1 aromatic heterocycles. The predicted octanol–water partition coefficient (Wildman–Crippen LogP) is 0.811. The van der Waals surface area contributed by atoms with Crippen LogP contribution in [-0.2, 0) is 0 Å². The molecule has 0 aliphatic heterocycles. The summed E-state index contributed by atoms with van der Waals surface area (Å²) in [6.45, 7) is 1.55. The molecule has 6 nitrogen and oxygen atoms in total. The van der Waals surface area contributed by atoms with E-state index in [1.54, 1.807) is 12.3 Å². The Morgan fingerprint density at radius 3 is 2.89 bits per heavy atom. The zero-order chi connectivity index (χ0) is 13.5. The Hall–Kier alpha value is -1.18. The Bertz CT molecular complexity index is 410. The summed E-state index contributed by atoms with van der Waals surface area (Å²) in [7, 11) is 3.99. The average molecular weight is 316 g/mol. The van der Waals surface area contributed by atoms with Gasteiger partial charge in [0, 0.05) is 17.2 Å². The molecule has 0 atom stereocenters. The number of anilines is 1. The van der Waals surface area contributed by atoms with Crippen LogP contribution in [0.1, 0.15) is 16.8 Å². The van der Waals surface area contributed by atoms with Crippen molar-refractivity contribution >= 4 is 27.7 Å². The predicted molar refractivity (Wildman–Crippen MR) is 75.3 cm³/mol. The number of hydrazine groups is 1. The fourth-order valence-electron chi connectivity index (χ4n) is 1.42. The number of nitrogens with two attached hydrogens (primary N) is 1. The third-order valence-corrected chi connectivity index (χ3v) is 2.74. The number of carbonyl (C=O) groups excluding carboxylic acids is 1. The van der Waals surface area contributed by atoms with Gasteiger partial charge in [0.2, 0.25) is 0 Å². The molecule has 0 fully saturated rings. The summed E-state index contributed by atoms with van der Waals surface area (Å²) in [5.41, 5.74) is 2.84. The number of nitrogens with one attached hydrogen (secondary N) is 2. The van der Waals surface area contributed by atoms with Gasteiger partial charge >= 0.3 is 0 Å². The van der Waals surface area contributed by atoms with Gasteiger partial charge in [0.15, 0.2) is 5.82 Å². The molecule has 0 saturated heterocycles. The highest BCUT2D eigenvalue weighted by Gasteiger charge is 2.12. The maximum absolute atomic E-state index is 11.9. The molecule has 1 aromatic rings. The lowest BCUT2D eigenvalue weighted by Gasteiger charge is -2.11. The molecule has 0 unspecified atom stereocenters. The van der Waals surface area contributed by atoms with Crippen molar-refractivity contribution in [3.8, 4) is 0 Å². The van der Waals surface area contributed by atoms with E-state index in [0.29, 0.717) is 17.9 Å². The largest absolute Gasteiger partial charge is 0.352 e. The highest BCUT2D eigenvalue weighted by Crippen LogP contribution is 2.16. The molecule has 0 aromatic carbocycles. The van der Waals surface area contributed by atoms with Crippen LogP contribution in [-0.4, -0.2) is 43.0 Å². The topological polar surface area (TPSA) is 83.3 Å². The van der Waals surface area contributed by atoms with Gasteiger partial charge in [-0.3, -0.25) is 4.79 Å². The molecule has 1 heterocycles. The van der Waals surface area contributed by atoms with Crippen molar-refractivity contribution in [2.75, 3.05) is 32.6 Å². The van der Waals surface area contributed by atoms with Crippen LogP contribution >= 0.6 is 15.9 Å². The lowest BCUT2D eigenvalue weighted by Crippen LogP contribution is -2.28. The standard InChI is InChI=1S/C11H18BrN5O/c1-17(2)5-3-4-14-11(18)9-6-8(12)7-15-10(9)16-13/h6-7H,3-5,13H2,1-2H3,(H,14,18)(H,15,16). The average Bonchev–Trinajstić information content (AvgIpc) is 2.34. The maximum Gasteiger partial charge on any atom is 0.255 e. The first-order valence-corrected chi connectivity index (χ1v) is 6.39. The minimum atomic E-state index is -0.185. The highest BCUT2D eigenvalue weighted by atomic mass is 79.9. The number of pyridine rings is 1. The van der Waals surface area contributed by atoms with Crippen molar-refractivity contribution in [3.63, 3.8) is 0 Å². The first kappa shape index (κ1) is 14.9. The summed E-state index contributed by atoms with van der Waals surface area (Å²) >= 11 is 3.28. The number of hydrogen-bond donors (Lipinski definition) is 3.